The molecule has 1 rings (SSSR count). The van der Waals surface area contributed by atoms with Crippen molar-refractivity contribution in [2.24, 2.45) is 21.7 Å². The molecule has 2 heteroatoms. The Morgan fingerprint density at radius 1 is 0.750 bits per heavy atom. The largest absolute Gasteiger partial charge is 0.494 e. The van der Waals surface area contributed by atoms with Crippen molar-refractivity contribution < 1.29 is 37.4 Å². The fraction of sp³-hybridized carbons (Fsp3) is 0.769. The Kier molecular flexibility index (Phi) is 12.8. The summed E-state index contributed by atoms with van der Waals surface area (Å²) in [6.07, 6.45) is 1.45. The topological polar surface area (TPSA) is 9.23 Å². The summed E-state index contributed by atoms with van der Waals surface area (Å²) in [5.41, 5.74) is 3.43. The zero-order valence-corrected chi connectivity index (χ0v) is 23.3. The van der Waals surface area contributed by atoms with Crippen molar-refractivity contribution in [2.45, 2.75) is 110 Å². The van der Waals surface area contributed by atoms with Gasteiger partial charge in [0.1, 0.15) is 5.76 Å². The van der Waals surface area contributed by atoms with Gasteiger partial charge in [0.2, 0.25) is 0 Å². The maximum Gasteiger partial charge on any atom is 0.102 e. The summed E-state index contributed by atoms with van der Waals surface area (Å²) in [6, 6.07) is 0. The van der Waals surface area contributed by atoms with E-state index < -0.39 is 0 Å². The summed E-state index contributed by atoms with van der Waals surface area (Å²) in [5.74, 6) is 1.22. The van der Waals surface area contributed by atoms with E-state index in [1.54, 1.807) is 0 Å². The first kappa shape index (κ1) is 32.8. The predicted molar refractivity (Wildman–Crippen MR) is 122 cm³/mol. The minimum atomic E-state index is -0.0304. The van der Waals surface area contributed by atoms with Crippen molar-refractivity contribution in [1.29, 1.82) is 0 Å². The summed E-state index contributed by atoms with van der Waals surface area (Å²) >= 11 is 0. The van der Waals surface area contributed by atoms with Crippen LogP contribution in [0.15, 0.2) is 22.5 Å². The number of hydrogen-bond donors (Lipinski definition) is 0. The Morgan fingerprint density at radius 2 is 1.07 bits per heavy atom. The fourth-order valence-electron chi connectivity index (χ4n) is 2.78. The van der Waals surface area contributed by atoms with Crippen LogP contribution in [-0.2, 0) is 37.4 Å². The second-order valence-electron chi connectivity index (χ2n) is 11.8. The van der Waals surface area contributed by atoms with Crippen LogP contribution >= 0.6 is 0 Å². The van der Waals surface area contributed by atoms with E-state index >= 15 is 0 Å². The van der Waals surface area contributed by atoms with Crippen LogP contribution in [-0.4, -0.2) is 6.10 Å². The van der Waals surface area contributed by atoms with Crippen LogP contribution < -0.4 is 0 Å². The van der Waals surface area contributed by atoms with Gasteiger partial charge in [0.15, 0.2) is 0 Å². The maximum atomic E-state index is 5.94. The van der Waals surface area contributed by atoms with E-state index in [1.165, 1.54) is 11.3 Å². The molecule has 1 atom stereocenters. The monoisotopic (exact) mass is 465 g/mol. The molecule has 0 bridgehead atoms. The molecule has 0 aromatic carbocycles. The molecular formula is C26H48OY-2. The van der Waals surface area contributed by atoms with Crippen LogP contribution in [0.4, 0.5) is 0 Å². The van der Waals surface area contributed by atoms with Crippen molar-refractivity contribution in [3.8, 4) is 0 Å². The van der Waals surface area contributed by atoms with Crippen molar-refractivity contribution in [2.75, 3.05) is 0 Å². The Morgan fingerprint density at radius 3 is 1.25 bits per heavy atom. The first-order valence-electron chi connectivity index (χ1n) is 9.86. The molecule has 163 valence electrons. The van der Waals surface area contributed by atoms with Crippen molar-refractivity contribution in [1.82, 2.24) is 0 Å². The molecule has 0 amide bonds. The van der Waals surface area contributed by atoms with Gasteiger partial charge in [-0.2, -0.15) is 0 Å². The zero-order valence-electron chi connectivity index (χ0n) is 20.4. The second-order valence-corrected chi connectivity index (χ2v) is 11.8. The van der Waals surface area contributed by atoms with Crippen molar-refractivity contribution in [3.05, 3.63) is 35.6 Å². The van der Waals surface area contributed by atoms with E-state index in [2.05, 4.69) is 90.0 Å². The Hall–Kier alpha value is 0.124. The average molecular weight is 466 g/mol. The Labute approximate surface area is 203 Å². The van der Waals surface area contributed by atoms with E-state index in [9.17, 15) is 0 Å². The molecule has 0 N–H and O–H groups in total. The minimum Gasteiger partial charge on any atom is -0.494 e. The third kappa shape index (κ3) is 10.2. The first-order chi connectivity index (χ1) is 11.2. The van der Waals surface area contributed by atoms with Crippen LogP contribution in [0.3, 0.4) is 0 Å². The van der Waals surface area contributed by atoms with Gasteiger partial charge in [0, 0.05) is 44.5 Å². The quantitative estimate of drug-likeness (QED) is 0.278. The number of rotatable bonds is 1. The van der Waals surface area contributed by atoms with Gasteiger partial charge in [-0.25, -0.2) is 0 Å². The maximum absolute atomic E-state index is 5.94. The first-order valence-corrected chi connectivity index (χ1v) is 9.86. The molecule has 0 fully saturated rings. The third-order valence-corrected chi connectivity index (χ3v) is 4.58. The summed E-state index contributed by atoms with van der Waals surface area (Å²) in [4.78, 5) is 0. The second kappa shape index (κ2) is 10.9. The van der Waals surface area contributed by atoms with Crippen LogP contribution in [0.2, 0.25) is 0 Å². The average Bonchev–Trinajstić information content (AvgIpc) is 2.77. The SMILES string of the molecule is C.CC1CC(C(C)(C)C)=C(C(C)(C)C)O1.[CH-]=C(C(=[CH-])C(C)(C)C)C(C)(C)C.[Y]. The van der Waals surface area contributed by atoms with Crippen LogP contribution in [0.25, 0.3) is 0 Å². The van der Waals surface area contributed by atoms with Crippen molar-refractivity contribution >= 4 is 0 Å². The molecule has 1 heterocycles. The molecular weight excluding hydrogens is 417 g/mol. The molecule has 0 spiro atoms. The fourth-order valence-corrected chi connectivity index (χ4v) is 2.78. The van der Waals surface area contributed by atoms with Gasteiger partial charge in [-0.15, -0.1) is 10.8 Å². The van der Waals surface area contributed by atoms with E-state index in [-0.39, 0.29) is 61.8 Å². The van der Waals surface area contributed by atoms with Crippen LogP contribution in [0, 0.1) is 34.8 Å². The summed E-state index contributed by atoms with van der Waals surface area (Å²) in [7, 11) is 0. The predicted octanol–water partition coefficient (Wildman–Crippen LogP) is 8.57. The van der Waals surface area contributed by atoms with Gasteiger partial charge in [0.25, 0.3) is 0 Å². The summed E-state index contributed by atoms with van der Waals surface area (Å²) in [5, 5.41) is 0. The minimum absolute atomic E-state index is 0. The third-order valence-electron chi connectivity index (χ3n) is 4.58. The van der Waals surface area contributed by atoms with Gasteiger partial charge in [-0.05, 0) is 17.9 Å². The molecule has 0 aliphatic carbocycles. The van der Waals surface area contributed by atoms with Gasteiger partial charge >= 0.3 is 0 Å². The Balaban J connectivity index is -0.000000422. The van der Waals surface area contributed by atoms with Gasteiger partial charge in [-0.1, -0.05) is 90.5 Å². The van der Waals surface area contributed by atoms with Gasteiger partial charge in [0.05, 0.1) is 6.10 Å². The number of ether oxygens (including phenoxy) is 1. The van der Waals surface area contributed by atoms with Crippen LogP contribution in [0.1, 0.15) is 104 Å². The normalized spacial score (nSPS) is 17.5. The summed E-state index contributed by atoms with van der Waals surface area (Å²) in [6.45, 7) is 40.0. The van der Waals surface area contributed by atoms with Crippen molar-refractivity contribution in [3.63, 3.8) is 0 Å². The summed E-state index contributed by atoms with van der Waals surface area (Å²) < 4.78 is 5.94. The molecule has 0 saturated heterocycles. The number of hydrogen-bond acceptors (Lipinski definition) is 1. The van der Waals surface area contributed by atoms with E-state index in [1.807, 2.05) is 0 Å². The molecule has 28 heavy (non-hydrogen) atoms. The zero-order chi connectivity index (χ0) is 21.3. The molecule has 1 unspecified atom stereocenters. The van der Waals surface area contributed by atoms with Gasteiger partial charge < -0.3 is 29.0 Å². The number of allylic oxidation sites excluding steroid dienone is 3. The molecule has 1 aliphatic heterocycles. The Bertz CT molecular complexity index is 501. The van der Waals surface area contributed by atoms with E-state index in [4.69, 9.17) is 17.9 Å². The van der Waals surface area contributed by atoms with Crippen LogP contribution in [0.5, 0.6) is 0 Å². The molecule has 0 aromatic heterocycles. The molecule has 1 aliphatic rings. The molecule has 0 aromatic rings. The molecule has 1 nitrogen and oxygen atoms in total. The molecule has 1 radical (unpaired) electrons. The van der Waals surface area contributed by atoms with E-state index in [0.29, 0.717) is 6.10 Å². The smallest absolute Gasteiger partial charge is 0.102 e. The van der Waals surface area contributed by atoms with Gasteiger partial charge in [-0.3, -0.25) is 0 Å². The molecule has 0 saturated carbocycles. The van der Waals surface area contributed by atoms with E-state index in [0.717, 1.165) is 17.6 Å². The standard InChI is InChI=1S/C13H24O.C12H20.CH4.Y/c1-9-8-10(12(2,3)4)11(14-9)13(5,6)7;1-9(11(3,4)5)10(2)12(6,7)8;;/h9H,8H2,1-7H3;1-2H,3-8H3;1H4;/q;-2;;.